The second-order valence-electron chi connectivity index (χ2n) is 5.15. The van der Waals surface area contributed by atoms with Gasteiger partial charge in [-0.15, -0.1) is 12.4 Å². The highest BCUT2D eigenvalue weighted by molar-refractivity contribution is 5.85. The van der Waals surface area contributed by atoms with Gasteiger partial charge in [-0.3, -0.25) is 4.90 Å². The number of benzene rings is 1. The quantitative estimate of drug-likeness (QED) is 0.874. The van der Waals surface area contributed by atoms with Gasteiger partial charge >= 0.3 is 0 Å². The number of halogens is 2. The lowest BCUT2D eigenvalue weighted by Crippen LogP contribution is -2.40. The highest BCUT2D eigenvalue weighted by Gasteiger charge is 2.18. The molecule has 0 aromatic heterocycles. The molecule has 1 unspecified atom stereocenters. The number of nitrogens with one attached hydrogen (secondary N) is 1. The third kappa shape index (κ3) is 5.27. The van der Waals surface area contributed by atoms with Crippen molar-refractivity contribution in [2.75, 3.05) is 39.8 Å². The smallest absolute Gasteiger partial charge is 0.165 e. The average molecular weight is 303 g/mol. The zero-order chi connectivity index (χ0) is 13.5. The lowest BCUT2D eigenvalue weighted by molar-refractivity contribution is 0.145. The Labute approximate surface area is 126 Å². The highest BCUT2D eigenvalue weighted by atomic mass is 35.5. The van der Waals surface area contributed by atoms with Crippen molar-refractivity contribution in [3.05, 3.63) is 30.1 Å². The van der Waals surface area contributed by atoms with Crippen LogP contribution in [-0.2, 0) is 0 Å². The van der Waals surface area contributed by atoms with Crippen LogP contribution in [0.15, 0.2) is 24.3 Å². The molecule has 0 amide bonds. The minimum absolute atomic E-state index is 0. The van der Waals surface area contributed by atoms with E-state index < -0.39 is 0 Å². The largest absolute Gasteiger partial charge is 0.489 e. The zero-order valence-electron chi connectivity index (χ0n) is 12.0. The number of para-hydroxylation sites is 1. The number of hydrogen-bond acceptors (Lipinski definition) is 3. The molecule has 1 aromatic carbocycles. The maximum atomic E-state index is 13.4. The number of likely N-dealkylation sites (tertiary alicyclic amines) is 1. The van der Waals surface area contributed by atoms with E-state index in [1.165, 1.54) is 18.9 Å². The van der Waals surface area contributed by atoms with Crippen LogP contribution in [0.2, 0.25) is 0 Å². The van der Waals surface area contributed by atoms with E-state index in [-0.39, 0.29) is 18.2 Å². The molecular formula is C15H24ClFN2O. The Kier molecular flexibility index (Phi) is 7.88. The normalized spacial score (nSPS) is 19.4. The molecule has 1 heterocycles. The Morgan fingerprint density at radius 1 is 1.40 bits per heavy atom. The maximum absolute atomic E-state index is 13.4. The number of rotatable bonds is 6. The van der Waals surface area contributed by atoms with Crippen molar-refractivity contribution in [3.63, 3.8) is 0 Å². The fourth-order valence-electron chi connectivity index (χ4n) is 2.66. The fraction of sp³-hybridized carbons (Fsp3) is 0.600. The average Bonchev–Trinajstić information content (AvgIpc) is 2.42. The Morgan fingerprint density at radius 3 is 2.95 bits per heavy atom. The van der Waals surface area contributed by atoms with Crippen LogP contribution in [-0.4, -0.2) is 44.7 Å². The summed E-state index contributed by atoms with van der Waals surface area (Å²) >= 11 is 0. The maximum Gasteiger partial charge on any atom is 0.165 e. The molecule has 1 aliphatic rings. The van der Waals surface area contributed by atoms with E-state index in [1.807, 2.05) is 7.05 Å². The molecule has 3 nitrogen and oxygen atoms in total. The van der Waals surface area contributed by atoms with E-state index in [4.69, 9.17) is 4.74 Å². The van der Waals surface area contributed by atoms with E-state index in [1.54, 1.807) is 18.2 Å². The molecule has 114 valence electrons. The van der Waals surface area contributed by atoms with Crippen LogP contribution in [0.1, 0.15) is 12.8 Å². The summed E-state index contributed by atoms with van der Waals surface area (Å²) in [6, 6.07) is 6.58. The lowest BCUT2D eigenvalue weighted by Gasteiger charge is -2.32. The van der Waals surface area contributed by atoms with Crippen LogP contribution in [0.25, 0.3) is 0 Å². The summed E-state index contributed by atoms with van der Waals surface area (Å²) in [5.74, 6) is 0.799. The molecule has 0 spiro atoms. The Bertz CT molecular complexity index is 390. The van der Waals surface area contributed by atoms with E-state index in [0.29, 0.717) is 12.4 Å². The molecule has 5 heteroatoms. The predicted octanol–water partition coefficient (Wildman–Crippen LogP) is 2.56. The van der Waals surface area contributed by atoms with Crippen molar-refractivity contribution in [2.45, 2.75) is 12.8 Å². The third-order valence-corrected chi connectivity index (χ3v) is 3.60. The van der Waals surface area contributed by atoms with Crippen LogP contribution in [0.3, 0.4) is 0 Å². The van der Waals surface area contributed by atoms with Crippen LogP contribution in [0.4, 0.5) is 4.39 Å². The first kappa shape index (κ1) is 17.2. The minimum Gasteiger partial charge on any atom is -0.489 e. The predicted molar refractivity (Wildman–Crippen MR) is 82.2 cm³/mol. The molecule has 1 atom stereocenters. The van der Waals surface area contributed by atoms with Crippen molar-refractivity contribution in [3.8, 4) is 5.75 Å². The van der Waals surface area contributed by atoms with Gasteiger partial charge < -0.3 is 10.1 Å². The molecule has 0 saturated carbocycles. The first-order chi connectivity index (χ1) is 9.29. The zero-order valence-corrected chi connectivity index (χ0v) is 12.8. The molecule has 1 N–H and O–H groups in total. The highest BCUT2D eigenvalue weighted by Crippen LogP contribution is 2.17. The first-order valence-electron chi connectivity index (χ1n) is 7.04. The van der Waals surface area contributed by atoms with Gasteiger partial charge in [0, 0.05) is 13.1 Å². The summed E-state index contributed by atoms with van der Waals surface area (Å²) in [5.41, 5.74) is 0. The van der Waals surface area contributed by atoms with Gasteiger partial charge in [0.1, 0.15) is 6.61 Å². The SMILES string of the molecule is CNCC1CCCN(CCOc2ccccc2F)C1.Cl. The number of nitrogens with zero attached hydrogens (tertiary/aromatic N) is 1. The van der Waals surface area contributed by atoms with Crippen LogP contribution < -0.4 is 10.1 Å². The standard InChI is InChI=1S/C15H23FN2O.ClH/c1-17-11-13-5-4-8-18(12-13)9-10-19-15-7-3-2-6-14(15)16;/h2-3,6-7,13,17H,4-5,8-12H2,1H3;1H. The van der Waals surface area contributed by atoms with Gasteiger partial charge in [0.05, 0.1) is 0 Å². The number of hydrogen-bond donors (Lipinski definition) is 1. The number of piperidine rings is 1. The fourth-order valence-corrected chi connectivity index (χ4v) is 2.66. The van der Waals surface area contributed by atoms with Crippen molar-refractivity contribution in [1.29, 1.82) is 0 Å². The van der Waals surface area contributed by atoms with Gasteiger partial charge in [-0.25, -0.2) is 4.39 Å². The summed E-state index contributed by atoms with van der Waals surface area (Å²) < 4.78 is 18.9. The van der Waals surface area contributed by atoms with Crippen molar-refractivity contribution in [1.82, 2.24) is 10.2 Å². The van der Waals surface area contributed by atoms with Gasteiger partial charge in [-0.05, 0) is 51.0 Å². The van der Waals surface area contributed by atoms with Crippen molar-refractivity contribution in [2.24, 2.45) is 5.92 Å². The Hall–Kier alpha value is -0.840. The lowest BCUT2D eigenvalue weighted by atomic mass is 9.98. The summed E-state index contributed by atoms with van der Waals surface area (Å²) in [7, 11) is 2.00. The van der Waals surface area contributed by atoms with E-state index in [2.05, 4.69) is 10.2 Å². The van der Waals surface area contributed by atoms with Crippen LogP contribution in [0.5, 0.6) is 5.75 Å². The molecule has 1 saturated heterocycles. The van der Waals surface area contributed by atoms with E-state index in [0.717, 1.165) is 32.1 Å². The monoisotopic (exact) mass is 302 g/mol. The summed E-state index contributed by atoms with van der Waals surface area (Å²) in [4.78, 5) is 2.41. The minimum atomic E-state index is -0.283. The second-order valence-corrected chi connectivity index (χ2v) is 5.15. The van der Waals surface area contributed by atoms with Crippen LogP contribution >= 0.6 is 12.4 Å². The van der Waals surface area contributed by atoms with E-state index >= 15 is 0 Å². The third-order valence-electron chi connectivity index (χ3n) is 3.60. The Balaban J connectivity index is 0.00000200. The van der Waals surface area contributed by atoms with Gasteiger partial charge in [-0.1, -0.05) is 12.1 Å². The number of ether oxygens (including phenoxy) is 1. The topological polar surface area (TPSA) is 24.5 Å². The molecule has 0 bridgehead atoms. The Morgan fingerprint density at radius 2 is 2.20 bits per heavy atom. The van der Waals surface area contributed by atoms with Gasteiger partial charge in [-0.2, -0.15) is 0 Å². The first-order valence-corrected chi connectivity index (χ1v) is 7.04. The molecule has 20 heavy (non-hydrogen) atoms. The molecular weight excluding hydrogens is 279 g/mol. The van der Waals surface area contributed by atoms with Gasteiger partial charge in [0.2, 0.25) is 0 Å². The second kappa shape index (κ2) is 9.16. The molecule has 1 aliphatic heterocycles. The molecule has 1 aromatic rings. The summed E-state index contributed by atoms with van der Waals surface area (Å²) in [6.07, 6.45) is 2.54. The molecule has 1 fully saturated rings. The van der Waals surface area contributed by atoms with Crippen molar-refractivity contribution < 1.29 is 9.13 Å². The van der Waals surface area contributed by atoms with E-state index in [9.17, 15) is 4.39 Å². The van der Waals surface area contributed by atoms with Gasteiger partial charge in [0.15, 0.2) is 11.6 Å². The molecule has 0 aliphatic carbocycles. The molecule has 2 rings (SSSR count). The molecule has 0 radical (unpaired) electrons. The summed E-state index contributed by atoms with van der Waals surface area (Å²) in [6.45, 7) is 4.73. The van der Waals surface area contributed by atoms with Crippen LogP contribution in [0, 0.1) is 11.7 Å². The van der Waals surface area contributed by atoms with Crippen molar-refractivity contribution >= 4 is 12.4 Å². The van der Waals surface area contributed by atoms with Gasteiger partial charge in [0.25, 0.3) is 0 Å². The summed E-state index contributed by atoms with van der Waals surface area (Å²) in [5, 5.41) is 3.24.